The highest BCUT2D eigenvalue weighted by atomic mass is 16.5. The van der Waals surface area contributed by atoms with E-state index in [1.54, 1.807) is 24.3 Å². The zero-order chi connectivity index (χ0) is 21.1. The predicted octanol–water partition coefficient (Wildman–Crippen LogP) is 3.75. The van der Waals surface area contributed by atoms with Crippen LogP contribution in [0.15, 0.2) is 48.5 Å². The molecule has 3 N–H and O–H groups in total. The molecule has 2 rings (SSSR count). The zero-order valence-electron chi connectivity index (χ0n) is 17.2. The Kier molecular flexibility index (Phi) is 8.98. The van der Waals surface area contributed by atoms with Crippen LogP contribution in [0.1, 0.15) is 20.8 Å². The molecule has 7 nitrogen and oxygen atoms in total. The SMILES string of the molecule is CCOCCOc1ccccc1NC(=O)CNc1ccc(NC(=O)C(C)C)cc1. The molecule has 2 aromatic carbocycles. The Balaban J connectivity index is 1.83. The van der Waals surface area contributed by atoms with Crippen LogP contribution in [0.5, 0.6) is 5.75 Å². The monoisotopic (exact) mass is 399 g/mol. The smallest absolute Gasteiger partial charge is 0.243 e. The number of amides is 2. The van der Waals surface area contributed by atoms with E-state index in [-0.39, 0.29) is 24.3 Å². The molecule has 0 aromatic heterocycles. The Morgan fingerprint density at radius 2 is 1.62 bits per heavy atom. The quantitative estimate of drug-likeness (QED) is 0.501. The topological polar surface area (TPSA) is 88.7 Å². The summed E-state index contributed by atoms with van der Waals surface area (Å²) in [6.45, 7) is 7.25. The van der Waals surface area contributed by atoms with Crippen LogP contribution in [0.4, 0.5) is 17.1 Å². The number of hydrogen-bond acceptors (Lipinski definition) is 5. The molecule has 0 fully saturated rings. The van der Waals surface area contributed by atoms with E-state index in [2.05, 4.69) is 16.0 Å². The van der Waals surface area contributed by atoms with Gasteiger partial charge in [0.25, 0.3) is 0 Å². The first-order chi connectivity index (χ1) is 14.0. The highest BCUT2D eigenvalue weighted by Crippen LogP contribution is 2.23. The molecule has 7 heteroatoms. The fraction of sp³-hybridized carbons (Fsp3) is 0.364. The third-order valence-electron chi connectivity index (χ3n) is 3.98. The van der Waals surface area contributed by atoms with Crippen molar-refractivity contribution in [3.05, 3.63) is 48.5 Å². The number of para-hydroxylation sites is 2. The van der Waals surface area contributed by atoms with Crippen molar-refractivity contribution >= 4 is 28.9 Å². The number of carbonyl (C=O) groups excluding carboxylic acids is 2. The Labute approximate surface area is 171 Å². The highest BCUT2D eigenvalue weighted by Gasteiger charge is 2.09. The summed E-state index contributed by atoms with van der Waals surface area (Å²) in [7, 11) is 0. The molecule has 0 heterocycles. The number of anilines is 3. The molecule has 0 unspecified atom stereocenters. The van der Waals surface area contributed by atoms with Gasteiger partial charge in [-0.3, -0.25) is 9.59 Å². The lowest BCUT2D eigenvalue weighted by molar-refractivity contribution is -0.119. The second kappa shape index (κ2) is 11.7. The lowest BCUT2D eigenvalue weighted by atomic mass is 10.2. The van der Waals surface area contributed by atoms with Crippen LogP contribution in [0.3, 0.4) is 0 Å². The van der Waals surface area contributed by atoms with Crippen molar-refractivity contribution in [3.8, 4) is 5.75 Å². The van der Waals surface area contributed by atoms with E-state index in [1.807, 2.05) is 45.0 Å². The summed E-state index contributed by atoms with van der Waals surface area (Å²) in [6.07, 6.45) is 0. The van der Waals surface area contributed by atoms with Crippen molar-refractivity contribution in [1.82, 2.24) is 0 Å². The maximum atomic E-state index is 12.3. The van der Waals surface area contributed by atoms with E-state index in [0.29, 0.717) is 31.3 Å². The Morgan fingerprint density at radius 3 is 2.31 bits per heavy atom. The van der Waals surface area contributed by atoms with Gasteiger partial charge in [0.05, 0.1) is 18.8 Å². The molecule has 0 spiro atoms. The van der Waals surface area contributed by atoms with E-state index in [9.17, 15) is 9.59 Å². The standard InChI is InChI=1S/C22H29N3O4/c1-4-28-13-14-29-20-8-6-5-7-19(20)25-21(26)15-23-17-9-11-18(12-10-17)24-22(27)16(2)3/h5-12,16,23H,4,13-15H2,1-3H3,(H,24,27)(H,25,26). The summed E-state index contributed by atoms with van der Waals surface area (Å²) in [5, 5.41) is 8.74. The molecule has 156 valence electrons. The Morgan fingerprint density at radius 1 is 0.931 bits per heavy atom. The molecule has 0 atom stereocenters. The summed E-state index contributed by atoms with van der Waals surface area (Å²) in [6, 6.07) is 14.5. The summed E-state index contributed by atoms with van der Waals surface area (Å²) in [4.78, 5) is 24.0. The van der Waals surface area contributed by atoms with Gasteiger partial charge in [0.1, 0.15) is 12.4 Å². The average Bonchev–Trinajstić information content (AvgIpc) is 2.71. The van der Waals surface area contributed by atoms with Crippen LogP contribution < -0.4 is 20.7 Å². The van der Waals surface area contributed by atoms with Gasteiger partial charge in [0, 0.05) is 23.9 Å². The van der Waals surface area contributed by atoms with Gasteiger partial charge in [-0.05, 0) is 43.3 Å². The van der Waals surface area contributed by atoms with Crippen LogP contribution >= 0.6 is 0 Å². The van der Waals surface area contributed by atoms with Gasteiger partial charge >= 0.3 is 0 Å². The van der Waals surface area contributed by atoms with Crippen molar-refractivity contribution in [3.63, 3.8) is 0 Å². The van der Waals surface area contributed by atoms with Crippen molar-refractivity contribution in [2.45, 2.75) is 20.8 Å². The summed E-state index contributed by atoms with van der Waals surface area (Å²) >= 11 is 0. The maximum Gasteiger partial charge on any atom is 0.243 e. The number of carbonyl (C=O) groups is 2. The van der Waals surface area contributed by atoms with Crippen molar-refractivity contribution in [2.24, 2.45) is 5.92 Å². The minimum atomic E-state index is -0.192. The minimum Gasteiger partial charge on any atom is -0.489 e. The van der Waals surface area contributed by atoms with E-state index in [4.69, 9.17) is 9.47 Å². The molecule has 0 saturated carbocycles. The highest BCUT2D eigenvalue weighted by molar-refractivity contribution is 5.95. The molecule has 2 aromatic rings. The first kappa shape index (κ1) is 22.2. The van der Waals surface area contributed by atoms with Crippen LogP contribution in [0.2, 0.25) is 0 Å². The van der Waals surface area contributed by atoms with Gasteiger partial charge in [-0.25, -0.2) is 0 Å². The van der Waals surface area contributed by atoms with E-state index >= 15 is 0 Å². The molecule has 0 aliphatic heterocycles. The van der Waals surface area contributed by atoms with Crippen LogP contribution in [-0.4, -0.2) is 38.2 Å². The van der Waals surface area contributed by atoms with E-state index in [1.165, 1.54) is 0 Å². The fourth-order valence-electron chi connectivity index (χ4n) is 2.39. The van der Waals surface area contributed by atoms with Gasteiger partial charge < -0.3 is 25.4 Å². The number of ether oxygens (including phenoxy) is 2. The van der Waals surface area contributed by atoms with Crippen molar-refractivity contribution < 1.29 is 19.1 Å². The number of nitrogens with one attached hydrogen (secondary N) is 3. The van der Waals surface area contributed by atoms with Gasteiger partial charge in [-0.2, -0.15) is 0 Å². The first-order valence-electron chi connectivity index (χ1n) is 9.73. The van der Waals surface area contributed by atoms with E-state index < -0.39 is 0 Å². The van der Waals surface area contributed by atoms with Gasteiger partial charge in [-0.1, -0.05) is 26.0 Å². The third-order valence-corrected chi connectivity index (χ3v) is 3.98. The minimum absolute atomic E-state index is 0.0350. The first-order valence-corrected chi connectivity index (χ1v) is 9.73. The predicted molar refractivity (Wildman–Crippen MR) is 115 cm³/mol. The van der Waals surface area contributed by atoms with Gasteiger partial charge in [0.2, 0.25) is 11.8 Å². The van der Waals surface area contributed by atoms with Crippen molar-refractivity contribution in [2.75, 3.05) is 42.3 Å². The van der Waals surface area contributed by atoms with E-state index in [0.717, 1.165) is 11.4 Å². The Bertz CT molecular complexity index is 791. The van der Waals surface area contributed by atoms with Crippen LogP contribution in [0, 0.1) is 5.92 Å². The lowest BCUT2D eigenvalue weighted by Gasteiger charge is -2.13. The number of rotatable bonds is 11. The van der Waals surface area contributed by atoms with Crippen molar-refractivity contribution in [1.29, 1.82) is 0 Å². The molecule has 29 heavy (non-hydrogen) atoms. The summed E-state index contributed by atoms with van der Waals surface area (Å²) in [5.41, 5.74) is 2.11. The molecule has 0 aliphatic rings. The zero-order valence-corrected chi connectivity index (χ0v) is 17.2. The molecule has 0 bridgehead atoms. The average molecular weight is 399 g/mol. The summed E-state index contributed by atoms with van der Waals surface area (Å²) in [5.74, 6) is 0.295. The molecule has 0 saturated heterocycles. The number of benzene rings is 2. The normalized spacial score (nSPS) is 10.5. The molecule has 0 radical (unpaired) electrons. The number of hydrogen-bond donors (Lipinski definition) is 3. The summed E-state index contributed by atoms with van der Waals surface area (Å²) < 4.78 is 10.9. The lowest BCUT2D eigenvalue weighted by Crippen LogP contribution is -2.22. The Hall–Kier alpha value is -3.06. The third kappa shape index (κ3) is 7.83. The van der Waals surface area contributed by atoms with Gasteiger partial charge in [0.15, 0.2) is 0 Å². The molecule has 2 amide bonds. The fourth-order valence-corrected chi connectivity index (χ4v) is 2.39. The second-order valence-electron chi connectivity index (χ2n) is 6.66. The van der Waals surface area contributed by atoms with Gasteiger partial charge in [-0.15, -0.1) is 0 Å². The molecule has 0 aliphatic carbocycles. The maximum absolute atomic E-state index is 12.3. The van der Waals surface area contributed by atoms with Crippen LogP contribution in [-0.2, 0) is 14.3 Å². The largest absolute Gasteiger partial charge is 0.489 e. The molecular weight excluding hydrogens is 370 g/mol. The molecular formula is C22H29N3O4. The van der Waals surface area contributed by atoms with Crippen LogP contribution in [0.25, 0.3) is 0 Å². The second-order valence-corrected chi connectivity index (χ2v) is 6.66.